The van der Waals surface area contributed by atoms with Gasteiger partial charge in [0.05, 0.1) is 0 Å². The molecule has 1 aromatic rings. The summed E-state index contributed by atoms with van der Waals surface area (Å²) in [5.74, 6) is 1.65. The van der Waals surface area contributed by atoms with Crippen molar-refractivity contribution in [1.82, 2.24) is 0 Å². The molecule has 0 aliphatic heterocycles. The van der Waals surface area contributed by atoms with Crippen LogP contribution in [0.25, 0.3) is 5.57 Å². The van der Waals surface area contributed by atoms with Gasteiger partial charge in [0.25, 0.3) is 0 Å². The van der Waals surface area contributed by atoms with Crippen LogP contribution in [0.2, 0.25) is 0 Å². The molecule has 0 bridgehead atoms. The molecule has 5 atom stereocenters. The molecule has 0 radical (unpaired) electrons. The normalized spacial score (nSPS) is 34.7. The van der Waals surface area contributed by atoms with Gasteiger partial charge in [0.2, 0.25) is 0 Å². The molecule has 0 heterocycles. The van der Waals surface area contributed by atoms with E-state index in [2.05, 4.69) is 80.2 Å². The molecular formula is C39H52. The molecule has 208 valence electrons. The zero-order valence-electron chi connectivity index (χ0n) is 26.2. The van der Waals surface area contributed by atoms with Crippen molar-refractivity contribution in [3.05, 3.63) is 100 Å². The fourth-order valence-electron chi connectivity index (χ4n) is 10.3. The zero-order chi connectivity index (χ0) is 28.7. The van der Waals surface area contributed by atoms with E-state index in [9.17, 15) is 0 Å². The molecule has 5 rings (SSSR count). The Morgan fingerprint density at radius 1 is 0.974 bits per heavy atom. The Kier molecular flexibility index (Phi) is 6.77. The molecule has 0 aromatic heterocycles. The summed E-state index contributed by atoms with van der Waals surface area (Å²) in [4.78, 5) is 0. The van der Waals surface area contributed by atoms with Crippen LogP contribution in [0.5, 0.6) is 0 Å². The van der Waals surface area contributed by atoms with Gasteiger partial charge in [-0.3, -0.25) is 0 Å². The van der Waals surface area contributed by atoms with Gasteiger partial charge in [0.1, 0.15) is 0 Å². The maximum absolute atomic E-state index is 4.88. The summed E-state index contributed by atoms with van der Waals surface area (Å²) in [6.07, 6.45) is 8.88. The lowest BCUT2D eigenvalue weighted by molar-refractivity contribution is -0.0373. The van der Waals surface area contributed by atoms with Gasteiger partial charge in [-0.25, -0.2) is 0 Å². The third kappa shape index (κ3) is 3.69. The Morgan fingerprint density at radius 2 is 1.62 bits per heavy atom. The lowest BCUT2D eigenvalue weighted by Crippen LogP contribution is -2.59. The number of fused-ring (bicyclic) bond motifs is 3. The number of allylic oxidation sites excluding steroid dienone is 8. The van der Waals surface area contributed by atoms with Crippen molar-refractivity contribution < 1.29 is 0 Å². The summed E-state index contributed by atoms with van der Waals surface area (Å²) in [5.41, 5.74) is 14.9. The molecule has 4 aliphatic rings. The third-order valence-corrected chi connectivity index (χ3v) is 12.5. The minimum atomic E-state index is -0.170. The van der Waals surface area contributed by atoms with E-state index in [4.69, 9.17) is 19.7 Å². The number of hydrogen-bond donors (Lipinski definition) is 0. The molecular weight excluding hydrogens is 468 g/mol. The van der Waals surface area contributed by atoms with Crippen molar-refractivity contribution in [1.29, 1.82) is 0 Å². The number of benzene rings is 1. The summed E-state index contributed by atoms with van der Waals surface area (Å²) < 4.78 is 0. The lowest BCUT2D eigenvalue weighted by Gasteiger charge is -2.67. The highest BCUT2D eigenvalue weighted by atomic mass is 14.7. The van der Waals surface area contributed by atoms with Crippen molar-refractivity contribution in [3.63, 3.8) is 0 Å². The molecule has 0 nitrogen and oxygen atoms in total. The summed E-state index contributed by atoms with van der Waals surface area (Å²) in [6, 6.07) is 6.88. The quantitative estimate of drug-likeness (QED) is 0.339. The number of aryl methyl sites for hydroxylation is 1. The summed E-state index contributed by atoms with van der Waals surface area (Å²) in [7, 11) is 0. The van der Waals surface area contributed by atoms with Gasteiger partial charge < -0.3 is 0 Å². The second-order valence-corrected chi connectivity index (χ2v) is 14.5. The minimum absolute atomic E-state index is 0.0178. The van der Waals surface area contributed by atoms with E-state index in [-0.39, 0.29) is 16.2 Å². The monoisotopic (exact) mass is 520 g/mol. The van der Waals surface area contributed by atoms with Gasteiger partial charge in [0, 0.05) is 10.8 Å². The van der Waals surface area contributed by atoms with E-state index < -0.39 is 0 Å². The van der Waals surface area contributed by atoms with Crippen molar-refractivity contribution in [3.8, 4) is 0 Å². The maximum Gasteiger partial charge on any atom is 0.0197 e. The van der Waals surface area contributed by atoms with Crippen LogP contribution >= 0.6 is 0 Å². The smallest absolute Gasteiger partial charge is 0.0197 e. The van der Waals surface area contributed by atoms with E-state index in [0.29, 0.717) is 11.8 Å². The molecule has 1 aromatic carbocycles. The van der Waals surface area contributed by atoms with Crippen LogP contribution < -0.4 is 0 Å². The highest BCUT2D eigenvalue weighted by Crippen LogP contribution is 2.75. The molecule has 0 heteroatoms. The molecule has 0 unspecified atom stereocenters. The van der Waals surface area contributed by atoms with Crippen LogP contribution in [-0.4, -0.2) is 0 Å². The molecule has 1 fully saturated rings. The SMILES string of the molecule is C=C(CC1CCCC1)C[C@@H]1[C@]2(C)C(=C(C)[C@@]3(C)C(=C)C(C(=C)C)=C(C)C[C@@]13C)C(=C)c1c(C)cccc1[C@H]2C. The lowest BCUT2D eigenvalue weighted by atomic mass is 9.36. The Morgan fingerprint density at radius 3 is 2.23 bits per heavy atom. The molecule has 4 aliphatic carbocycles. The van der Waals surface area contributed by atoms with Crippen LogP contribution in [0, 0.1) is 35.0 Å². The molecule has 0 amide bonds. The van der Waals surface area contributed by atoms with E-state index in [1.54, 1.807) is 0 Å². The fourth-order valence-corrected chi connectivity index (χ4v) is 10.3. The number of rotatable bonds is 5. The average Bonchev–Trinajstić information content (AvgIpc) is 3.36. The van der Waals surface area contributed by atoms with Gasteiger partial charge in [-0.15, -0.1) is 0 Å². The zero-order valence-corrected chi connectivity index (χ0v) is 26.2. The van der Waals surface area contributed by atoms with Crippen molar-refractivity contribution in [2.45, 2.75) is 106 Å². The first-order valence-electron chi connectivity index (χ1n) is 15.4. The minimum Gasteiger partial charge on any atom is -0.0998 e. The van der Waals surface area contributed by atoms with Gasteiger partial charge >= 0.3 is 0 Å². The van der Waals surface area contributed by atoms with Crippen LogP contribution in [-0.2, 0) is 0 Å². The van der Waals surface area contributed by atoms with Crippen molar-refractivity contribution in [2.75, 3.05) is 0 Å². The average molecular weight is 521 g/mol. The van der Waals surface area contributed by atoms with E-state index in [0.717, 1.165) is 24.3 Å². The van der Waals surface area contributed by atoms with E-state index >= 15 is 0 Å². The van der Waals surface area contributed by atoms with Gasteiger partial charge in [-0.1, -0.05) is 120 Å². The molecule has 0 saturated heterocycles. The molecule has 1 saturated carbocycles. The summed E-state index contributed by atoms with van der Waals surface area (Å²) in [5, 5.41) is 0. The summed E-state index contributed by atoms with van der Waals surface area (Å²) in [6.45, 7) is 38.3. The second-order valence-electron chi connectivity index (χ2n) is 14.5. The maximum atomic E-state index is 4.88. The van der Waals surface area contributed by atoms with Crippen LogP contribution in [0.15, 0.2) is 83.5 Å². The first-order chi connectivity index (χ1) is 18.2. The topological polar surface area (TPSA) is 0 Å². The predicted octanol–water partition coefficient (Wildman–Crippen LogP) is 11.5. The largest absolute Gasteiger partial charge is 0.0998 e. The third-order valence-electron chi connectivity index (χ3n) is 12.5. The van der Waals surface area contributed by atoms with E-state index in [1.807, 2.05) is 0 Å². The van der Waals surface area contributed by atoms with Crippen LogP contribution in [0.4, 0.5) is 0 Å². The first-order valence-corrected chi connectivity index (χ1v) is 15.4. The van der Waals surface area contributed by atoms with Crippen LogP contribution in [0.3, 0.4) is 0 Å². The van der Waals surface area contributed by atoms with E-state index in [1.165, 1.54) is 87.8 Å². The Balaban J connectivity index is 1.78. The number of hydrogen-bond acceptors (Lipinski definition) is 0. The first kappa shape index (κ1) is 28.2. The highest BCUT2D eigenvalue weighted by molar-refractivity contribution is 5.87. The highest BCUT2D eigenvalue weighted by Gasteiger charge is 2.66. The Hall–Kier alpha value is -2.34. The predicted molar refractivity (Wildman–Crippen MR) is 171 cm³/mol. The van der Waals surface area contributed by atoms with Gasteiger partial charge in [0.15, 0.2) is 0 Å². The fraction of sp³-hybridized carbons (Fsp3) is 0.538. The second kappa shape index (κ2) is 9.36. The van der Waals surface area contributed by atoms with Gasteiger partial charge in [-0.05, 0) is 109 Å². The van der Waals surface area contributed by atoms with Crippen molar-refractivity contribution in [2.24, 2.45) is 28.1 Å². The van der Waals surface area contributed by atoms with Crippen LogP contribution in [0.1, 0.15) is 116 Å². The van der Waals surface area contributed by atoms with Crippen molar-refractivity contribution >= 4 is 5.57 Å². The Labute approximate surface area is 239 Å². The summed E-state index contributed by atoms with van der Waals surface area (Å²) >= 11 is 0. The standard InChI is InChI=1S/C39H52/c1-23(2)34-26(5)22-37(10)33(21-24(3)20-31-17-13-14-18-31)38(11)28(7)32-19-15-16-25(4)35(32)27(6)36(38)30(9)39(37,12)29(34)8/h15-16,19,28,31,33H,1,3,6,8,13-14,17-18,20-22H2,2,4-5,7,9-12H3/t28-,33+,37+,38-,39-/m1/s1. The molecule has 0 N–H and O–H groups in total. The molecule has 0 spiro atoms. The van der Waals surface area contributed by atoms with Gasteiger partial charge in [-0.2, -0.15) is 0 Å². The molecule has 39 heavy (non-hydrogen) atoms. The Bertz CT molecular complexity index is 1350.